The standard InChI is InChI=1S/C19H23ClN2O/c20-17-8-4-5-9-18(17)22-14-12-21(13-15-22)11-10-19(23)16-6-2-1-3-7-16/h1-9,19,23H,10-15H2/t19-/m1/s1. The zero-order chi connectivity index (χ0) is 16.1. The van der Waals surface area contributed by atoms with Crippen LogP contribution in [0.4, 0.5) is 5.69 Å². The first-order chi connectivity index (χ1) is 11.2. The summed E-state index contributed by atoms with van der Waals surface area (Å²) in [6.45, 7) is 4.89. The number of rotatable bonds is 5. The van der Waals surface area contributed by atoms with Crippen LogP contribution in [0.25, 0.3) is 0 Å². The molecule has 0 spiro atoms. The van der Waals surface area contributed by atoms with E-state index in [0.29, 0.717) is 0 Å². The molecular formula is C19H23ClN2O. The molecule has 0 unspecified atom stereocenters. The van der Waals surface area contributed by atoms with Crippen LogP contribution in [0.2, 0.25) is 5.02 Å². The van der Waals surface area contributed by atoms with Crippen molar-refractivity contribution in [3.8, 4) is 0 Å². The van der Waals surface area contributed by atoms with Gasteiger partial charge in [-0.05, 0) is 24.1 Å². The Bertz CT molecular complexity index is 612. The zero-order valence-electron chi connectivity index (χ0n) is 13.2. The van der Waals surface area contributed by atoms with Gasteiger partial charge in [0.1, 0.15) is 0 Å². The molecule has 0 saturated carbocycles. The number of anilines is 1. The molecule has 122 valence electrons. The molecule has 1 N–H and O–H groups in total. The molecule has 1 atom stereocenters. The first kappa shape index (κ1) is 16.3. The molecule has 4 heteroatoms. The molecule has 0 aliphatic carbocycles. The summed E-state index contributed by atoms with van der Waals surface area (Å²) in [4.78, 5) is 4.76. The van der Waals surface area contributed by atoms with E-state index < -0.39 is 0 Å². The van der Waals surface area contributed by atoms with Crippen molar-refractivity contribution in [1.82, 2.24) is 4.90 Å². The SMILES string of the molecule is O[C@H](CCN1CCN(c2ccccc2Cl)CC1)c1ccccc1. The third kappa shape index (κ3) is 4.25. The lowest BCUT2D eigenvalue weighted by atomic mass is 10.1. The minimum absolute atomic E-state index is 0.377. The Morgan fingerprint density at radius 1 is 0.913 bits per heavy atom. The molecule has 0 amide bonds. The Morgan fingerprint density at radius 2 is 1.57 bits per heavy atom. The number of nitrogens with zero attached hydrogens (tertiary/aromatic N) is 2. The van der Waals surface area contributed by atoms with Crippen LogP contribution in [0.15, 0.2) is 54.6 Å². The van der Waals surface area contributed by atoms with Gasteiger partial charge in [-0.1, -0.05) is 54.1 Å². The molecule has 1 fully saturated rings. The quantitative estimate of drug-likeness (QED) is 0.907. The Hall–Kier alpha value is -1.55. The van der Waals surface area contributed by atoms with E-state index in [1.165, 1.54) is 0 Å². The first-order valence-electron chi connectivity index (χ1n) is 8.19. The van der Waals surface area contributed by atoms with Gasteiger partial charge in [0.25, 0.3) is 0 Å². The van der Waals surface area contributed by atoms with Crippen LogP contribution in [0.5, 0.6) is 0 Å². The summed E-state index contributed by atoms with van der Waals surface area (Å²) in [7, 11) is 0. The average Bonchev–Trinajstić information content (AvgIpc) is 2.61. The minimum atomic E-state index is -0.377. The molecule has 1 saturated heterocycles. The topological polar surface area (TPSA) is 26.7 Å². The van der Waals surface area contributed by atoms with Crippen LogP contribution in [-0.4, -0.2) is 42.7 Å². The summed E-state index contributed by atoms with van der Waals surface area (Å²) in [6.07, 6.45) is 0.397. The van der Waals surface area contributed by atoms with Crippen LogP contribution in [-0.2, 0) is 0 Å². The lowest BCUT2D eigenvalue weighted by molar-refractivity contribution is 0.139. The molecule has 2 aromatic rings. The van der Waals surface area contributed by atoms with Crippen molar-refractivity contribution in [2.45, 2.75) is 12.5 Å². The number of aliphatic hydroxyl groups excluding tert-OH is 1. The maximum absolute atomic E-state index is 10.3. The predicted octanol–water partition coefficient (Wildman–Crippen LogP) is 3.59. The second-order valence-corrected chi connectivity index (χ2v) is 6.40. The second-order valence-electron chi connectivity index (χ2n) is 6.00. The maximum atomic E-state index is 10.3. The van der Waals surface area contributed by atoms with Crippen LogP contribution >= 0.6 is 11.6 Å². The molecule has 23 heavy (non-hydrogen) atoms. The van der Waals surface area contributed by atoms with Crippen LogP contribution in [0.3, 0.4) is 0 Å². The predicted molar refractivity (Wildman–Crippen MR) is 96.1 cm³/mol. The third-order valence-corrected chi connectivity index (χ3v) is 4.79. The van der Waals surface area contributed by atoms with Crippen LogP contribution in [0, 0.1) is 0 Å². The molecule has 0 aromatic heterocycles. The highest BCUT2D eigenvalue weighted by Gasteiger charge is 2.19. The summed E-state index contributed by atoms with van der Waals surface area (Å²) in [5.41, 5.74) is 2.13. The van der Waals surface area contributed by atoms with Crippen molar-refractivity contribution in [1.29, 1.82) is 0 Å². The van der Waals surface area contributed by atoms with Crippen molar-refractivity contribution in [3.63, 3.8) is 0 Å². The number of aliphatic hydroxyl groups is 1. The van der Waals surface area contributed by atoms with Gasteiger partial charge in [-0.15, -0.1) is 0 Å². The van der Waals surface area contributed by atoms with Gasteiger partial charge < -0.3 is 10.0 Å². The Kier molecular flexibility index (Phi) is 5.55. The van der Waals surface area contributed by atoms with E-state index in [2.05, 4.69) is 15.9 Å². The fourth-order valence-electron chi connectivity index (χ4n) is 3.07. The van der Waals surface area contributed by atoms with Crippen molar-refractivity contribution >= 4 is 17.3 Å². The van der Waals surface area contributed by atoms with E-state index in [4.69, 9.17) is 11.6 Å². The molecule has 3 nitrogen and oxygen atoms in total. The molecule has 1 aliphatic rings. The second kappa shape index (κ2) is 7.82. The molecule has 1 heterocycles. The van der Waals surface area contributed by atoms with Crippen molar-refractivity contribution in [3.05, 3.63) is 65.2 Å². The summed E-state index contributed by atoms with van der Waals surface area (Å²) < 4.78 is 0. The van der Waals surface area contributed by atoms with E-state index in [9.17, 15) is 5.11 Å². The van der Waals surface area contributed by atoms with Crippen molar-refractivity contribution < 1.29 is 5.11 Å². The first-order valence-corrected chi connectivity index (χ1v) is 8.56. The summed E-state index contributed by atoms with van der Waals surface area (Å²) >= 11 is 6.28. The number of para-hydroxylation sites is 1. The highest BCUT2D eigenvalue weighted by molar-refractivity contribution is 6.33. The number of benzene rings is 2. The third-order valence-electron chi connectivity index (χ3n) is 4.47. The fourth-order valence-corrected chi connectivity index (χ4v) is 3.32. The van der Waals surface area contributed by atoms with Gasteiger partial charge in [-0.25, -0.2) is 0 Å². The van der Waals surface area contributed by atoms with Gasteiger partial charge in [-0.2, -0.15) is 0 Å². The van der Waals surface area contributed by atoms with Gasteiger partial charge in [-0.3, -0.25) is 4.90 Å². The molecule has 1 aliphatic heterocycles. The Morgan fingerprint density at radius 3 is 2.26 bits per heavy atom. The zero-order valence-corrected chi connectivity index (χ0v) is 14.0. The van der Waals surface area contributed by atoms with Gasteiger partial charge in [0.2, 0.25) is 0 Å². The van der Waals surface area contributed by atoms with Gasteiger partial charge >= 0.3 is 0 Å². The van der Waals surface area contributed by atoms with Gasteiger partial charge in [0, 0.05) is 32.7 Å². The highest BCUT2D eigenvalue weighted by atomic mass is 35.5. The summed E-state index contributed by atoms with van der Waals surface area (Å²) in [5, 5.41) is 11.1. The number of hydrogen-bond donors (Lipinski definition) is 1. The number of hydrogen-bond acceptors (Lipinski definition) is 3. The Balaban J connectivity index is 1.47. The smallest absolute Gasteiger partial charge is 0.0802 e. The van der Waals surface area contributed by atoms with Crippen molar-refractivity contribution in [2.75, 3.05) is 37.6 Å². The van der Waals surface area contributed by atoms with E-state index in [0.717, 1.165) is 55.4 Å². The fraction of sp³-hybridized carbons (Fsp3) is 0.368. The molecule has 0 bridgehead atoms. The maximum Gasteiger partial charge on any atom is 0.0802 e. The van der Waals surface area contributed by atoms with E-state index in [1.54, 1.807) is 0 Å². The molecule has 3 rings (SSSR count). The lowest BCUT2D eigenvalue weighted by Gasteiger charge is -2.36. The normalized spacial score (nSPS) is 17.2. The van der Waals surface area contributed by atoms with Crippen LogP contribution in [0.1, 0.15) is 18.1 Å². The van der Waals surface area contributed by atoms with E-state index >= 15 is 0 Å². The largest absolute Gasteiger partial charge is 0.388 e. The van der Waals surface area contributed by atoms with E-state index in [-0.39, 0.29) is 6.10 Å². The van der Waals surface area contributed by atoms with Crippen molar-refractivity contribution in [2.24, 2.45) is 0 Å². The number of halogens is 1. The summed E-state index contributed by atoms with van der Waals surface area (Å²) in [6, 6.07) is 17.9. The lowest BCUT2D eigenvalue weighted by Crippen LogP contribution is -2.46. The van der Waals surface area contributed by atoms with Gasteiger partial charge in [0.05, 0.1) is 16.8 Å². The van der Waals surface area contributed by atoms with Crippen LogP contribution < -0.4 is 4.90 Å². The average molecular weight is 331 g/mol. The minimum Gasteiger partial charge on any atom is -0.388 e. The summed E-state index contributed by atoms with van der Waals surface area (Å²) in [5.74, 6) is 0. The molecular weight excluding hydrogens is 308 g/mol. The van der Waals surface area contributed by atoms with Gasteiger partial charge in [0.15, 0.2) is 0 Å². The number of piperazine rings is 1. The molecule has 2 aromatic carbocycles. The highest BCUT2D eigenvalue weighted by Crippen LogP contribution is 2.26. The monoisotopic (exact) mass is 330 g/mol. The Labute approximate surface area is 143 Å². The van der Waals surface area contributed by atoms with E-state index in [1.807, 2.05) is 48.5 Å². The molecule has 0 radical (unpaired) electrons.